The summed E-state index contributed by atoms with van der Waals surface area (Å²) in [5.74, 6) is -1.77. The van der Waals surface area contributed by atoms with Crippen molar-refractivity contribution in [1.82, 2.24) is 14.8 Å². The Morgan fingerprint density at radius 2 is 1.94 bits per heavy atom. The molecular formula is C24H30FN3O5. The number of aromatic nitrogens is 1. The van der Waals surface area contributed by atoms with Gasteiger partial charge in [0, 0.05) is 43.0 Å². The minimum atomic E-state index is -0.530. The van der Waals surface area contributed by atoms with Crippen molar-refractivity contribution in [2.24, 2.45) is 0 Å². The lowest BCUT2D eigenvalue weighted by Crippen LogP contribution is -2.44. The van der Waals surface area contributed by atoms with Crippen LogP contribution in [-0.4, -0.2) is 85.0 Å². The summed E-state index contributed by atoms with van der Waals surface area (Å²) >= 11 is 0. The van der Waals surface area contributed by atoms with Crippen LogP contribution in [0.25, 0.3) is 0 Å². The Morgan fingerprint density at radius 3 is 2.61 bits per heavy atom. The van der Waals surface area contributed by atoms with Crippen LogP contribution in [-0.2, 0) is 9.47 Å². The first-order chi connectivity index (χ1) is 15.8. The Hall–Kier alpha value is -3.04. The average Bonchev–Trinajstić information content (AvgIpc) is 3.11. The van der Waals surface area contributed by atoms with Crippen molar-refractivity contribution in [3.8, 4) is 0 Å². The van der Waals surface area contributed by atoms with E-state index >= 15 is 0 Å². The monoisotopic (exact) mass is 459 g/mol. The lowest BCUT2D eigenvalue weighted by atomic mass is 10.0. The maximum Gasteiger partial charge on any atom is 0.355 e. The highest BCUT2D eigenvalue weighted by molar-refractivity contribution is 6.05. The maximum atomic E-state index is 13.7. The molecule has 1 aliphatic rings. The fourth-order valence-electron chi connectivity index (χ4n) is 3.97. The highest BCUT2D eigenvalue weighted by Gasteiger charge is 2.26. The smallest absolute Gasteiger partial charge is 0.355 e. The summed E-state index contributed by atoms with van der Waals surface area (Å²) in [5.41, 5.74) is 1.80. The highest BCUT2D eigenvalue weighted by Crippen LogP contribution is 2.20. The van der Waals surface area contributed by atoms with Gasteiger partial charge in [-0.1, -0.05) is 6.07 Å². The number of esters is 1. The fourth-order valence-corrected chi connectivity index (χ4v) is 3.97. The second-order valence-electron chi connectivity index (χ2n) is 7.96. The molecule has 0 atom stereocenters. The van der Waals surface area contributed by atoms with Crippen LogP contribution < -0.4 is 0 Å². The number of halogens is 1. The van der Waals surface area contributed by atoms with Crippen LogP contribution in [0.4, 0.5) is 4.39 Å². The van der Waals surface area contributed by atoms with E-state index < -0.39 is 17.7 Å². The topological polar surface area (TPSA) is 91.9 Å². The number of H-pyrrole nitrogens is 1. The van der Waals surface area contributed by atoms with E-state index in [0.29, 0.717) is 43.1 Å². The Balaban J connectivity index is 1.82. The van der Waals surface area contributed by atoms with Crippen molar-refractivity contribution in [3.63, 3.8) is 0 Å². The largest absolute Gasteiger partial charge is 0.461 e. The Labute approximate surface area is 192 Å². The molecular weight excluding hydrogens is 429 g/mol. The number of benzene rings is 1. The number of aryl methyl sites for hydroxylation is 1. The van der Waals surface area contributed by atoms with Gasteiger partial charge < -0.3 is 19.4 Å². The molecule has 8 nitrogen and oxygen atoms in total. The molecule has 33 heavy (non-hydrogen) atoms. The number of ether oxygens (including phenoxy) is 2. The van der Waals surface area contributed by atoms with Crippen molar-refractivity contribution >= 4 is 17.7 Å². The zero-order valence-corrected chi connectivity index (χ0v) is 19.3. The number of aromatic amines is 1. The van der Waals surface area contributed by atoms with Crippen molar-refractivity contribution in [2.75, 3.05) is 52.5 Å². The summed E-state index contributed by atoms with van der Waals surface area (Å²) in [4.78, 5) is 45.2. The van der Waals surface area contributed by atoms with E-state index in [0.717, 1.165) is 13.1 Å². The number of nitrogens with zero attached hydrogens (tertiary/aromatic N) is 2. The van der Waals surface area contributed by atoms with Crippen molar-refractivity contribution in [1.29, 1.82) is 0 Å². The third-order valence-electron chi connectivity index (χ3n) is 5.68. The van der Waals surface area contributed by atoms with Gasteiger partial charge in [0.1, 0.15) is 11.5 Å². The molecule has 1 amide bonds. The van der Waals surface area contributed by atoms with Gasteiger partial charge in [0.15, 0.2) is 5.78 Å². The number of hydrogen-bond donors (Lipinski definition) is 1. The van der Waals surface area contributed by atoms with Crippen molar-refractivity contribution in [3.05, 3.63) is 58.2 Å². The predicted molar refractivity (Wildman–Crippen MR) is 120 cm³/mol. The van der Waals surface area contributed by atoms with Gasteiger partial charge in [0.25, 0.3) is 5.91 Å². The summed E-state index contributed by atoms with van der Waals surface area (Å²) in [7, 11) is 0. The first kappa shape index (κ1) is 24.6. The number of Topliss-reactive ketones (excluding diaryl/α,β-unsaturated/α-hetero) is 1. The Morgan fingerprint density at radius 1 is 1.21 bits per heavy atom. The van der Waals surface area contributed by atoms with Gasteiger partial charge in [0.05, 0.1) is 26.4 Å². The third kappa shape index (κ3) is 6.06. The standard InChI is InChI=1S/C24H30FN3O5/c1-4-33-24(31)22-16(2)21(17(3)26-22)20(29)15-28(9-8-27-10-12-32-13-11-27)23(30)18-6-5-7-19(25)14-18/h5-7,14,26H,4,8-13,15H2,1-3H3. The molecule has 1 fully saturated rings. The summed E-state index contributed by atoms with van der Waals surface area (Å²) in [5, 5.41) is 0. The number of morpholine rings is 1. The molecule has 1 aromatic heterocycles. The molecule has 0 spiro atoms. The number of nitrogens with one attached hydrogen (secondary N) is 1. The van der Waals surface area contributed by atoms with Gasteiger partial charge in [-0.3, -0.25) is 14.5 Å². The number of rotatable bonds is 9. The molecule has 2 heterocycles. The van der Waals surface area contributed by atoms with E-state index in [1.165, 1.54) is 29.2 Å². The first-order valence-electron chi connectivity index (χ1n) is 11.1. The average molecular weight is 460 g/mol. The zero-order valence-electron chi connectivity index (χ0n) is 19.3. The molecule has 1 saturated heterocycles. The van der Waals surface area contributed by atoms with E-state index in [4.69, 9.17) is 9.47 Å². The second-order valence-corrected chi connectivity index (χ2v) is 7.96. The molecule has 1 N–H and O–H groups in total. The first-order valence-corrected chi connectivity index (χ1v) is 11.1. The van der Waals surface area contributed by atoms with Crippen molar-refractivity contribution < 1.29 is 28.2 Å². The summed E-state index contributed by atoms with van der Waals surface area (Å²) < 4.78 is 24.2. The number of hydrogen-bond acceptors (Lipinski definition) is 6. The fraction of sp³-hybridized carbons (Fsp3) is 0.458. The summed E-state index contributed by atoms with van der Waals surface area (Å²) in [6.45, 7) is 8.71. The van der Waals surface area contributed by atoms with E-state index in [-0.39, 0.29) is 30.2 Å². The van der Waals surface area contributed by atoms with Crippen LogP contribution in [0.15, 0.2) is 24.3 Å². The van der Waals surface area contributed by atoms with Crippen LogP contribution >= 0.6 is 0 Å². The van der Waals surface area contributed by atoms with Gasteiger partial charge in [0.2, 0.25) is 0 Å². The normalized spacial score (nSPS) is 14.2. The maximum absolute atomic E-state index is 13.7. The van der Waals surface area contributed by atoms with Crippen LogP contribution in [0.2, 0.25) is 0 Å². The predicted octanol–water partition coefficient (Wildman–Crippen LogP) is 2.60. The van der Waals surface area contributed by atoms with Crippen LogP contribution in [0, 0.1) is 19.7 Å². The lowest BCUT2D eigenvalue weighted by molar-refractivity contribution is 0.0323. The van der Waals surface area contributed by atoms with Gasteiger partial charge >= 0.3 is 5.97 Å². The SMILES string of the molecule is CCOC(=O)c1[nH]c(C)c(C(=O)CN(CCN2CCOCC2)C(=O)c2cccc(F)c2)c1C. The van der Waals surface area contributed by atoms with Crippen molar-refractivity contribution in [2.45, 2.75) is 20.8 Å². The molecule has 0 unspecified atom stereocenters. The summed E-state index contributed by atoms with van der Waals surface area (Å²) in [6, 6.07) is 5.43. The molecule has 0 radical (unpaired) electrons. The van der Waals surface area contributed by atoms with Crippen LogP contribution in [0.1, 0.15) is 49.4 Å². The minimum absolute atomic E-state index is 0.180. The molecule has 3 rings (SSSR count). The molecule has 1 aromatic carbocycles. The molecule has 0 saturated carbocycles. The van der Waals surface area contributed by atoms with Crippen LogP contribution in [0.3, 0.4) is 0 Å². The minimum Gasteiger partial charge on any atom is -0.461 e. The van der Waals surface area contributed by atoms with E-state index in [1.807, 2.05) is 0 Å². The second kappa shape index (κ2) is 11.2. The third-order valence-corrected chi connectivity index (χ3v) is 5.68. The Bertz CT molecular complexity index is 1010. The van der Waals surface area contributed by atoms with Gasteiger partial charge in [-0.25, -0.2) is 9.18 Å². The number of carbonyl (C=O) groups excluding carboxylic acids is 3. The molecule has 9 heteroatoms. The highest BCUT2D eigenvalue weighted by atomic mass is 19.1. The molecule has 1 aliphatic heterocycles. The molecule has 178 valence electrons. The van der Waals surface area contributed by atoms with Crippen LogP contribution in [0.5, 0.6) is 0 Å². The zero-order chi connectivity index (χ0) is 24.0. The van der Waals surface area contributed by atoms with E-state index in [2.05, 4.69) is 9.88 Å². The molecule has 0 bridgehead atoms. The van der Waals surface area contributed by atoms with Gasteiger partial charge in [-0.15, -0.1) is 0 Å². The lowest BCUT2D eigenvalue weighted by Gasteiger charge is -2.30. The molecule has 2 aromatic rings. The number of ketones is 1. The quantitative estimate of drug-likeness (QED) is 0.458. The summed E-state index contributed by atoms with van der Waals surface area (Å²) in [6.07, 6.45) is 0. The van der Waals surface area contributed by atoms with Gasteiger partial charge in [-0.05, 0) is 44.5 Å². The van der Waals surface area contributed by atoms with Gasteiger partial charge in [-0.2, -0.15) is 0 Å². The Kier molecular flexibility index (Phi) is 8.35. The number of carbonyl (C=O) groups is 3. The molecule has 0 aliphatic carbocycles. The van der Waals surface area contributed by atoms with E-state index in [9.17, 15) is 18.8 Å². The number of amides is 1. The van der Waals surface area contributed by atoms with E-state index in [1.54, 1.807) is 20.8 Å².